The van der Waals surface area contributed by atoms with Crippen LogP contribution < -0.4 is 14.8 Å². The van der Waals surface area contributed by atoms with Crippen LogP contribution in [0.15, 0.2) is 47.4 Å². The van der Waals surface area contributed by atoms with Gasteiger partial charge in [0.2, 0.25) is 15.9 Å². The third-order valence-corrected chi connectivity index (χ3v) is 7.49. The Bertz CT molecular complexity index is 1040. The molecule has 1 unspecified atom stereocenters. The summed E-state index contributed by atoms with van der Waals surface area (Å²) in [7, 11) is -3.81. The van der Waals surface area contributed by atoms with Gasteiger partial charge in [0.15, 0.2) is 11.5 Å². The van der Waals surface area contributed by atoms with Crippen LogP contribution in [0.3, 0.4) is 0 Å². The predicted molar refractivity (Wildman–Crippen MR) is 112 cm³/mol. The van der Waals surface area contributed by atoms with Crippen molar-refractivity contribution in [3.8, 4) is 11.5 Å². The molecule has 0 bridgehead atoms. The van der Waals surface area contributed by atoms with Crippen LogP contribution in [0.25, 0.3) is 0 Å². The van der Waals surface area contributed by atoms with Crippen LogP contribution >= 0.6 is 0 Å². The first kappa shape index (κ1) is 20.7. The first-order valence-corrected chi connectivity index (χ1v) is 11.6. The molecule has 2 aliphatic heterocycles. The standard InChI is InChI=1S/C22H26N2O5S/c1-16-5-2-3-6-17(16)10-11-23-22(25)19-7-4-12-24(19)30(26,27)18-8-9-20-21(15-18)29-14-13-28-20/h2-3,5-6,8-9,15,19H,4,7,10-14H2,1H3,(H,23,25). The molecule has 7 nitrogen and oxygen atoms in total. The van der Waals surface area contributed by atoms with Gasteiger partial charge in [0, 0.05) is 19.2 Å². The fourth-order valence-electron chi connectivity index (χ4n) is 3.94. The van der Waals surface area contributed by atoms with Crippen molar-refractivity contribution in [2.24, 2.45) is 0 Å². The number of hydrogen-bond donors (Lipinski definition) is 1. The van der Waals surface area contributed by atoms with E-state index in [0.717, 1.165) is 0 Å². The van der Waals surface area contributed by atoms with E-state index in [4.69, 9.17) is 9.47 Å². The third kappa shape index (κ3) is 4.15. The van der Waals surface area contributed by atoms with Gasteiger partial charge in [-0.05, 0) is 49.4 Å². The molecule has 1 N–H and O–H groups in total. The van der Waals surface area contributed by atoms with E-state index in [-0.39, 0.29) is 10.8 Å². The molecule has 2 aliphatic rings. The van der Waals surface area contributed by atoms with E-state index in [2.05, 4.69) is 5.32 Å². The molecular weight excluding hydrogens is 404 g/mol. The molecule has 0 aromatic heterocycles. The topological polar surface area (TPSA) is 84.9 Å². The van der Waals surface area contributed by atoms with Gasteiger partial charge in [0.05, 0.1) is 4.90 Å². The summed E-state index contributed by atoms with van der Waals surface area (Å²) >= 11 is 0. The molecule has 8 heteroatoms. The number of benzene rings is 2. The van der Waals surface area contributed by atoms with Crippen molar-refractivity contribution in [1.82, 2.24) is 9.62 Å². The fraction of sp³-hybridized carbons (Fsp3) is 0.409. The van der Waals surface area contributed by atoms with Gasteiger partial charge < -0.3 is 14.8 Å². The summed E-state index contributed by atoms with van der Waals surface area (Å²) in [6.07, 6.45) is 1.87. The van der Waals surface area contributed by atoms with Crippen LogP contribution in [-0.2, 0) is 21.2 Å². The number of ether oxygens (including phenoxy) is 2. The molecule has 1 atom stereocenters. The van der Waals surface area contributed by atoms with Crippen LogP contribution in [0.2, 0.25) is 0 Å². The summed E-state index contributed by atoms with van der Waals surface area (Å²) < 4.78 is 38.7. The largest absolute Gasteiger partial charge is 0.486 e. The lowest BCUT2D eigenvalue weighted by Crippen LogP contribution is -2.46. The molecule has 30 heavy (non-hydrogen) atoms. The normalized spacial score (nSPS) is 18.9. The molecule has 1 fully saturated rings. The number of hydrogen-bond acceptors (Lipinski definition) is 5. The summed E-state index contributed by atoms with van der Waals surface area (Å²) in [5.74, 6) is 0.704. The van der Waals surface area contributed by atoms with E-state index in [1.165, 1.54) is 27.6 Å². The molecule has 160 valence electrons. The molecule has 0 radical (unpaired) electrons. The maximum atomic E-state index is 13.2. The molecular formula is C22H26N2O5S. The van der Waals surface area contributed by atoms with Gasteiger partial charge >= 0.3 is 0 Å². The zero-order valence-electron chi connectivity index (χ0n) is 17.0. The molecule has 2 aromatic carbocycles. The molecule has 4 rings (SSSR count). The SMILES string of the molecule is Cc1ccccc1CCNC(=O)C1CCCN1S(=O)(=O)c1ccc2c(c1)OCCO2. The maximum absolute atomic E-state index is 13.2. The van der Waals surface area contributed by atoms with E-state index >= 15 is 0 Å². The van der Waals surface area contributed by atoms with Crippen molar-refractivity contribution in [3.63, 3.8) is 0 Å². The monoisotopic (exact) mass is 430 g/mol. The highest BCUT2D eigenvalue weighted by Gasteiger charge is 2.39. The second kappa shape index (κ2) is 8.65. The summed E-state index contributed by atoms with van der Waals surface area (Å²) in [4.78, 5) is 12.9. The quantitative estimate of drug-likeness (QED) is 0.760. The number of carbonyl (C=O) groups excluding carboxylic acids is 1. The van der Waals surface area contributed by atoms with Crippen LogP contribution in [0.5, 0.6) is 11.5 Å². The van der Waals surface area contributed by atoms with Crippen LogP contribution in [0.4, 0.5) is 0 Å². The first-order chi connectivity index (χ1) is 14.5. The molecule has 0 spiro atoms. The first-order valence-electron chi connectivity index (χ1n) is 10.2. The Morgan fingerprint density at radius 3 is 2.70 bits per heavy atom. The smallest absolute Gasteiger partial charge is 0.243 e. The van der Waals surface area contributed by atoms with Gasteiger partial charge in [-0.2, -0.15) is 4.31 Å². The Kier molecular flexibility index (Phi) is 5.97. The second-order valence-electron chi connectivity index (χ2n) is 7.55. The highest BCUT2D eigenvalue weighted by molar-refractivity contribution is 7.89. The molecule has 1 saturated heterocycles. The highest BCUT2D eigenvalue weighted by Crippen LogP contribution is 2.34. The minimum Gasteiger partial charge on any atom is -0.486 e. The number of carbonyl (C=O) groups is 1. The molecule has 0 saturated carbocycles. The maximum Gasteiger partial charge on any atom is 0.243 e. The van der Waals surface area contributed by atoms with E-state index in [1.807, 2.05) is 31.2 Å². The van der Waals surface area contributed by atoms with Crippen molar-refractivity contribution in [1.29, 1.82) is 0 Å². The fourth-order valence-corrected chi connectivity index (χ4v) is 5.61. The van der Waals surface area contributed by atoms with E-state index in [9.17, 15) is 13.2 Å². The lowest BCUT2D eigenvalue weighted by molar-refractivity contribution is -0.124. The van der Waals surface area contributed by atoms with Crippen LogP contribution in [0.1, 0.15) is 24.0 Å². The third-order valence-electron chi connectivity index (χ3n) is 5.58. The van der Waals surface area contributed by atoms with E-state index in [0.29, 0.717) is 57.1 Å². The zero-order valence-corrected chi connectivity index (χ0v) is 17.8. The number of amides is 1. The zero-order chi connectivity index (χ0) is 21.1. The van der Waals surface area contributed by atoms with Crippen molar-refractivity contribution < 1.29 is 22.7 Å². The minimum absolute atomic E-state index is 0.117. The van der Waals surface area contributed by atoms with Crippen molar-refractivity contribution in [3.05, 3.63) is 53.6 Å². The molecule has 0 aliphatic carbocycles. The van der Waals surface area contributed by atoms with Crippen molar-refractivity contribution in [2.75, 3.05) is 26.3 Å². The summed E-state index contributed by atoms with van der Waals surface area (Å²) in [5.41, 5.74) is 2.35. The second-order valence-corrected chi connectivity index (χ2v) is 9.44. The molecule has 2 heterocycles. The summed E-state index contributed by atoms with van der Waals surface area (Å²) in [6.45, 7) is 3.66. The van der Waals surface area contributed by atoms with Crippen molar-refractivity contribution >= 4 is 15.9 Å². The van der Waals surface area contributed by atoms with Gasteiger partial charge in [0.1, 0.15) is 19.3 Å². The number of sulfonamides is 1. The van der Waals surface area contributed by atoms with Gasteiger partial charge in [-0.3, -0.25) is 4.79 Å². The Labute approximate surface area is 177 Å². The highest BCUT2D eigenvalue weighted by atomic mass is 32.2. The average Bonchev–Trinajstić information content (AvgIpc) is 3.26. The Morgan fingerprint density at radius 1 is 1.13 bits per heavy atom. The number of nitrogens with one attached hydrogen (secondary N) is 1. The summed E-state index contributed by atoms with van der Waals surface area (Å²) in [5, 5.41) is 2.91. The summed E-state index contributed by atoms with van der Waals surface area (Å²) in [6, 6.07) is 11.9. The number of aryl methyl sites for hydroxylation is 1. The van der Waals surface area contributed by atoms with Gasteiger partial charge in [-0.1, -0.05) is 24.3 Å². The van der Waals surface area contributed by atoms with Gasteiger partial charge in [0.25, 0.3) is 0 Å². The van der Waals surface area contributed by atoms with E-state index < -0.39 is 16.1 Å². The van der Waals surface area contributed by atoms with Crippen LogP contribution in [0, 0.1) is 6.92 Å². The molecule has 1 amide bonds. The minimum atomic E-state index is -3.81. The number of fused-ring (bicyclic) bond motifs is 1. The Hall–Kier alpha value is -2.58. The van der Waals surface area contributed by atoms with E-state index in [1.54, 1.807) is 6.07 Å². The van der Waals surface area contributed by atoms with Crippen molar-refractivity contribution in [2.45, 2.75) is 37.1 Å². The molecule has 2 aromatic rings. The number of rotatable bonds is 6. The van der Waals surface area contributed by atoms with Gasteiger partial charge in [-0.25, -0.2) is 8.42 Å². The van der Waals surface area contributed by atoms with Crippen LogP contribution in [-0.4, -0.2) is 51.0 Å². The number of nitrogens with zero attached hydrogens (tertiary/aromatic N) is 1. The predicted octanol–water partition coefficient (Wildman–Crippen LogP) is 2.28. The Balaban J connectivity index is 1.44. The Morgan fingerprint density at radius 2 is 1.90 bits per heavy atom. The lowest BCUT2D eigenvalue weighted by atomic mass is 10.1. The average molecular weight is 431 g/mol. The van der Waals surface area contributed by atoms with Gasteiger partial charge in [-0.15, -0.1) is 0 Å². The lowest BCUT2D eigenvalue weighted by Gasteiger charge is -2.24.